The van der Waals surface area contributed by atoms with Crippen molar-refractivity contribution in [3.05, 3.63) is 0 Å². The van der Waals surface area contributed by atoms with E-state index in [9.17, 15) is 14.4 Å². The summed E-state index contributed by atoms with van der Waals surface area (Å²) in [4.78, 5) is 31.2. The molecular formula is C6H10BrNO6. The number of carboxylic acids is 3. The zero-order valence-corrected chi connectivity index (χ0v) is 8.76. The molecule has 0 aliphatic carbocycles. The van der Waals surface area contributed by atoms with Gasteiger partial charge in [0.25, 0.3) is 0 Å². The Morgan fingerprint density at radius 3 is 1.14 bits per heavy atom. The van der Waals surface area contributed by atoms with Crippen LogP contribution in [-0.2, 0) is 14.4 Å². The van der Waals surface area contributed by atoms with Gasteiger partial charge in [0.05, 0.1) is 19.6 Å². The van der Waals surface area contributed by atoms with Crippen molar-refractivity contribution in [2.45, 2.75) is 0 Å². The van der Waals surface area contributed by atoms with Crippen LogP contribution in [0.1, 0.15) is 0 Å². The number of carbonyl (C=O) groups is 3. The third kappa shape index (κ3) is 8.94. The van der Waals surface area contributed by atoms with Gasteiger partial charge in [0, 0.05) is 0 Å². The maximum absolute atomic E-state index is 10.1. The van der Waals surface area contributed by atoms with E-state index >= 15 is 0 Å². The van der Waals surface area contributed by atoms with Crippen LogP contribution in [0.5, 0.6) is 0 Å². The predicted molar refractivity (Wildman–Crippen MR) is 49.7 cm³/mol. The van der Waals surface area contributed by atoms with E-state index in [0.717, 1.165) is 4.90 Å². The second-order valence-corrected chi connectivity index (χ2v) is 2.33. The molecule has 0 bridgehead atoms. The Morgan fingerprint density at radius 1 is 0.786 bits per heavy atom. The van der Waals surface area contributed by atoms with Crippen LogP contribution in [0.2, 0.25) is 0 Å². The first-order valence-electron chi connectivity index (χ1n) is 3.29. The van der Waals surface area contributed by atoms with Crippen molar-refractivity contribution in [2.75, 3.05) is 19.6 Å². The van der Waals surface area contributed by atoms with Crippen LogP contribution in [0.25, 0.3) is 0 Å². The Morgan fingerprint density at radius 2 is 1.00 bits per heavy atom. The van der Waals surface area contributed by atoms with E-state index in [1.54, 1.807) is 0 Å². The minimum atomic E-state index is -1.26. The van der Waals surface area contributed by atoms with Crippen molar-refractivity contribution in [2.24, 2.45) is 0 Å². The number of nitrogens with zero attached hydrogens (tertiary/aromatic N) is 1. The molecular weight excluding hydrogens is 262 g/mol. The maximum atomic E-state index is 10.1. The van der Waals surface area contributed by atoms with E-state index in [2.05, 4.69) is 0 Å². The van der Waals surface area contributed by atoms with Gasteiger partial charge in [0.15, 0.2) is 0 Å². The number of hydrogen-bond donors (Lipinski definition) is 3. The number of aliphatic carboxylic acids is 3. The highest BCUT2D eigenvalue weighted by Gasteiger charge is 2.15. The van der Waals surface area contributed by atoms with Gasteiger partial charge in [-0.15, -0.1) is 17.0 Å². The van der Waals surface area contributed by atoms with Crippen molar-refractivity contribution < 1.29 is 29.7 Å². The lowest BCUT2D eigenvalue weighted by Gasteiger charge is -2.14. The minimum absolute atomic E-state index is 0. The van der Waals surface area contributed by atoms with Gasteiger partial charge in [0.2, 0.25) is 0 Å². The number of carboxylic acid groups (broad SMARTS) is 3. The first-order valence-corrected chi connectivity index (χ1v) is 3.29. The largest absolute Gasteiger partial charge is 0.480 e. The molecule has 0 aromatic heterocycles. The number of rotatable bonds is 6. The van der Waals surface area contributed by atoms with Crippen LogP contribution >= 0.6 is 17.0 Å². The first-order chi connectivity index (χ1) is 5.91. The standard InChI is InChI=1S/C6H9NO6.BrH/c8-4(9)1-7(2-5(10)11)3-6(12)13;/h1-3H2,(H,8,9)(H,10,11)(H,12,13);1H. The summed E-state index contributed by atoms with van der Waals surface area (Å²) in [6.45, 7) is -1.80. The van der Waals surface area contributed by atoms with Gasteiger partial charge in [-0.3, -0.25) is 19.3 Å². The Kier molecular flexibility index (Phi) is 7.96. The molecule has 0 heterocycles. The quantitative estimate of drug-likeness (QED) is 0.575. The fraction of sp³-hybridized carbons (Fsp3) is 0.500. The molecule has 0 spiro atoms. The van der Waals surface area contributed by atoms with Crippen molar-refractivity contribution in [1.82, 2.24) is 4.90 Å². The van der Waals surface area contributed by atoms with Crippen LogP contribution in [0.15, 0.2) is 0 Å². The molecule has 0 fully saturated rings. The van der Waals surface area contributed by atoms with Crippen molar-refractivity contribution >= 4 is 34.9 Å². The zero-order valence-electron chi connectivity index (χ0n) is 7.04. The van der Waals surface area contributed by atoms with Gasteiger partial charge in [-0.1, -0.05) is 0 Å². The minimum Gasteiger partial charge on any atom is -0.480 e. The molecule has 3 N–H and O–H groups in total. The van der Waals surface area contributed by atoms with Gasteiger partial charge in [-0.05, 0) is 0 Å². The highest BCUT2D eigenvalue weighted by molar-refractivity contribution is 8.93. The van der Waals surface area contributed by atoms with Gasteiger partial charge >= 0.3 is 17.9 Å². The summed E-state index contributed by atoms with van der Waals surface area (Å²) in [6.07, 6.45) is 0. The lowest BCUT2D eigenvalue weighted by atomic mass is 10.4. The highest BCUT2D eigenvalue weighted by atomic mass is 79.9. The Balaban J connectivity index is 0. The smallest absolute Gasteiger partial charge is 0.317 e. The van der Waals surface area contributed by atoms with E-state index in [0.29, 0.717) is 0 Å². The average molecular weight is 272 g/mol. The molecule has 82 valence electrons. The van der Waals surface area contributed by atoms with Crippen molar-refractivity contribution in [3.63, 3.8) is 0 Å². The Hall–Kier alpha value is -1.15. The predicted octanol–water partition coefficient (Wildman–Crippen LogP) is -0.880. The second kappa shape index (κ2) is 7.27. The fourth-order valence-electron chi connectivity index (χ4n) is 0.742. The highest BCUT2D eigenvalue weighted by Crippen LogP contribution is 1.87. The summed E-state index contributed by atoms with van der Waals surface area (Å²) in [6, 6.07) is 0. The molecule has 0 aliphatic heterocycles. The average Bonchev–Trinajstić information content (AvgIpc) is 1.80. The summed E-state index contributed by atoms with van der Waals surface area (Å²) < 4.78 is 0. The van der Waals surface area contributed by atoms with E-state index in [1.807, 2.05) is 0 Å². The van der Waals surface area contributed by atoms with E-state index in [1.165, 1.54) is 0 Å². The Bertz CT molecular complexity index is 192. The Labute approximate surface area is 89.7 Å². The molecule has 7 nitrogen and oxygen atoms in total. The monoisotopic (exact) mass is 271 g/mol. The van der Waals surface area contributed by atoms with Crippen LogP contribution < -0.4 is 0 Å². The van der Waals surface area contributed by atoms with Gasteiger partial charge in [0.1, 0.15) is 0 Å². The molecule has 0 aromatic carbocycles. The van der Waals surface area contributed by atoms with E-state index in [-0.39, 0.29) is 17.0 Å². The fourth-order valence-corrected chi connectivity index (χ4v) is 0.742. The lowest BCUT2D eigenvalue weighted by molar-refractivity contribution is -0.144. The molecule has 0 rings (SSSR count). The van der Waals surface area contributed by atoms with Crippen LogP contribution in [-0.4, -0.2) is 57.8 Å². The number of halogens is 1. The summed E-state index contributed by atoms with van der Waals surface area (Å²) in [5, 5.41) is 24.8. The van der Waals surface area contributed by atoms with Crippen molar-refractivity contribution in [3.8, 4) is 0 Å². The van der Waals surface area contributed by atoms with Crippen molar-refractivity contribution in [1.29, 1.82) is 0 Å². The normalized spacial score (nSPS) is 9.21. The van der Waals surface area contributed by atoms with E-state index in [4.69, 9.17) is 15.3 Å². The molecule has 0 saturated carbocycles. The molecule has 0 radical (unpaired) electrons. The van der Waals surface area contributed by atoms with Gasteiger partial charge in [-0.2, -0.15) is 0 Å². The molecule has 0 aromatic rings. The molecule has 14 heavy (non-hydrogen) atoms. The summed E-state index contributed by atoms with van der Waals surface area (Å²) in [5.41, 5.74) is 0. The van der Waals surface area contributed by atoms with Gasteiger partial charge < -0.3 is 15.3 Å². The van der Waals surface area contributed by atoms with Crippen LogP contribution in [0.4, 0.5) is 0 Å². The van der Waals surface area contributed by atoms with Crippen LogP contribution in [0.3, 0.4) is 0 Å². The molecule has 0 amide bonds. The molecule has 8 heteroatoms. The molecule has 0 aliphatic rings. The third-order valence-corrected chi connectivity index (χ3v) is 1.08. The summed E-state index contributed by atoms with van der Waals surface area (Å²) in [7, 11) is 0. The van der Waals surface area contributed by atoms with Crippen LogP contribution in [0, 0.1) is 0 Å². The SMILES string of the molecule is Br.O=C(O)CN(CC(=O)O)CC(=O)O. The topological polar surface area (TPSA) is 115 Å². The second-order valence-electron chi connectivity index (χ2n) is 2.33. The third-order valence-electron chi connectivity index (χ3n) is 1.08. The summed E-state index contributed by atoms with van der Waals surface area (Å²) in [5.74, 6) is -3.78. The molecule has 0 atom stereocenters. The van der Waals surface area contributed by atoms with Gasteiger partial charge in [-0.25, -0.2) is 0 Å². The van der Waals surface area contributed by atoms with E-state index < -0.39 is 37.5 Å². The summed E-state index contributed by atoms with van der Waals surface area (Å²) >= 11 is 0. The maximum Gasteiger partial charge on any atom is 0.317 e. The number of hydrogen-bond acceptors (Lipinski definition) is 4. The zero-order chi connectivity index (χ0) is 10.4. The first kappa shape index (κ1) is 15.3. The lowest BCUT2D eigenvalue weighted by Crippen LogP contribution is -2.38. The molecule has 0 saturated heterocycles. The molecule has 0 unspecified atom stereocenters.